The van der Waals surface area contributed by atoms with E-state index < -0.39 is 0 Å². The number of carbonyl (C=O) groups is 1. The number of pyridine rings is 2. The number of aromatic amines is 1. The lowest BCUT2D eigenvalue weighted by Gasteiger charge is -2.08. The van der Waals surface area contributed by atoms with Crippen LogP contribution < -0.4 is 5.32 Å². The van der Waals surface area contributed by atoms with Crippen LogP contribution in [0.5, 0.6) is 0 Å². The van der Waals surface area contributed by atoms with Crippen LogP contribution in [0.25, 0.3) is 22.2 Å². The van der Waals surface area contributed by atoms with Gasteiger partial charge in [0, 0.05) is 47.7 Å². The molecule has 1 aliphatic rings. The van der Waals surface area contributed by atoms with E-state index in [0.29, 0.717) is 18.2 Å². The zero-order chi connectivity index (χ0) is 16.4. The molecule has 0 bridgehead atoms. The van der Waals surface area contributed by atoms with Crippen LogP contribution in [0, 0.1) is 5.92 Å². The molecule has 1 fully saturated rings. The Morgan fingerprint density at radius 1 is 1.21 bits per heavy atom. The van der Waals surface area contributed by atoms with E-state index in [1.54, 1.807) is 18.6 Å². The monoisotopic (exact) mass is 320 g/mol. The molecule has 0 spiro atoms. The highest BCUT2D eigenvalue weighted by Crippen LogP contribution is 2.28. The van der Waals surface area contributed by atoms with Crippen molar-refractivity contribution in [1.29, 1.82) is 0 Å². The Bertz CT molecular complexity index is 850. The van der Waals surface area contributed by atoms with Gasteiger partial charge in [-0.3, -0.25) is 9.78 Å². The third-order valence-electron chi connectivity index (χ3n) is 4.71. The van der Waals surface area contributed by atoms with Gasteiger partial charge in [-0.2, -0.15) is 0 Å². The number of rotatable bonds is 4. The fourth-order valence-electron chi connectivity index (χ4n) is 3.45. The molecule has 0 radical (unpaired) electrons. The van der Waals surface area contributed by atoms with Crippen LogP contribution in [0.2, 0.25) is 0 Å². The van der Waals surface area contributed by atoms with Crippen LogP contribution in [0.15, 0.2) is 42.9 Å². The first-order valence-corrected chi connectivity index (χ1v) is 8.47. The third-order valence-corrected chi connectivity index (χ3v) is 4.71. The molecule has 0 aromatic carbocycles. The van der Waals surface area contributed by atoms with Gasteiger partial charge in [0.05, 0.1) is 5.52 Å². The van der Waals surface area contributed by atoms with Crippen molar-refractivity contribution in [3.8, 4) is 11.3 Å². The Hall–Kier alpha value is -2.69. The molecule has 2 N–H and O–H groups in total. The summed E-state index contributed by atoms with van der Waals surface area (Å²) in [6, 6.07) is 7.87. The highest BCUT2D eigenvalue weighted by Gasteiger charge is 2.18. The van der Waals surface area contributed by atoms with Gasteiger partial charge < -0.3 is 10.3 Å². The van der Waals surface area contributed by atoms with Crippen molar-refractivity contribution >= 4 is 22.6 Å². The van der Waals surface area contributed by atoms with Crippen molar-refractivity contribution in [2.75, 3.05) is 5.32 Å². The summed E-state index contributed by atoms with van der Waals surface area (Å²) in [6.07, 6.45) is 10.8. The number of amides is 1. The largest absolute Gasteiger partial charge is 0.354 e. The Morgan fingerprint density at radius 2 is 2.00 bits per heavy atom. The van der Waals surface area contributed by atoms with E-state index in [0.717, 1.165) is 22.2 Å². The van der Waals surface area contributed by atoms with Crippen molar-refractivity contribution in [3.05, 3.63) is 42.9 Å². The van der Waals surface area contributed by atoms with Crippen molar-refractivity contribution < 1.29 is 4.79 Å². The molecule has 0 unspecified atom stereocenters. The standard InChI is InChI=1S/C19H20N4O/c24-19(9-13-3-1-2-4-13)23-18-11-17-15(12-21-18)10-16(22-17)14-5-7-20-8-6-14/h5-8,10-13,22H,1-4,9H2,(H,21,23,24). The van der Waals surface area contributed by atoms with Crippen LogP contribution in [0.3, 0.4) is 0 Å². The minimum atomic E-state index is 0.0645. The number of nitrogens with zero attached hydrogens (tertiary/aromatic N) is 2. The van der Waals surface area contributed by atoms with Crippen molar-refractivity contribution in [3.63, 3.8) is 0 Å². The summed E-state index contributed by atoms with van der Waals surface area (Å²) in [5, 5.41) is 3.95. The second-order valence-corrected chi connectivity index (χ2v) is 6.48. The summed E-state index contributed by atoms with van der Waals surface area (Å²) in [6.45, 7) is 0. The SMILES string of the molecule is O=C(CC1CCCC1)Nc1cc2[nH]c(-c3ccncc3)cc2cn1. The van der Waals surface area contributed by atoms with Gasteiger partial charge in [-0.25, -0.2) is 4.98 Å². The lowest BCUT2D eigenvalue weighted by molar-refractivity contribution is -0.117. The quantitative estimate of drug-likeness (QED) is 0.759. The molecule has 24 heavy (non-hydrogen) atoms. The molecule has 5 nitrogen and oxygen atoms in total. The number of carbonyl (C=O) groups excluding carboxylic acids is 1. The van der Waals surface area contributed by atoms with Gasteiger partial charge in [0.2, 0.25) is 5.91 Å². The van der Waals surface area contributed by atoms with Crippen LogP contribution in [-0.4, -0.2) is 20.9 Å². The molecule has 0 saturated heterocycles. The number of H-pyrrole nitrogens is 1. The number of anilines is 1. The molecule has 5 heteroatoms. The van der Waals surface area contributed by atoms with E-state index in [4.69, 9.17) is 0 Å². The minimum absolute atomic E-state index is 0.0645. The summed E-state index contributed by atoms with van der Waals surface area (Å²) in [5.74, 6) is 1.21. The minimum Gasteiger partial charge on any atom is -0.354 e. The van der Waals surface area contributed by atoms with E-state index in [1.165, 1.54) is 25.7 Å². The molecule has 1 amide bonds. The summed E-state index contributed by atoms with van der Waals surface area (Å²) in [4.78, 5) is 23.9. The van der Waals surface area contributed by atoms with E-state index in [2.05, 4.69) is 26.3 Å². The summed E-state index contributed by atoms with van der Waals surface area (Å²) in [7, 11) is 0. The summed E-state index contributed by atoms with van der Waals surface area (Å²) in [5.41, 5.74) is 3.06. The Morgan fingerprint density at radius 3 is 2.79 bits per heavy atom. The van der Waals surface area contributed by atoms with Gasteiger partial charge >= 0.3 is 0 Å². The first-order chi connectivity index (χ1) is 11.8. The number of nitrogens with one attached hydrogen (secondary N) is 2. The predicted molar refractivity (Wildman–Crippen MR) is 94.5 cm³/mol. The van der Waals surface area contributed by atoms with Gasteiger partial charge in [-0.1, -0.05) is 12.8 Å². The molecule has 1 aliphatic carbocycles. The number of aromatic nitrogens is 3. The molecular weight excluding hydrogens is 300 g/mol. The van der Waals surface area contributed by atoms with Crippen LogP contribution in [-0.2, 0) is 4.79 Å². The molecular formula is C19H20N4O. The number of hydrogen-bond donors (Lipinski definition) is 2. The zero-order valence-corrected chi connectivity index (χ0v) is 13.5. The van der Waals surface area contributed by atoms with Crippen LogP contribution in [0.1, 0.15) is 32.1 Å². The zero-order valence-electron chi connectivity index (χ0n) is 13.5. The van der Waals surface area contributed by atoms with Crippen molar-refractivity contribution in [2.24, 2.45) is 5.92 Å². The lowest BCUT2D eigenvalue weighted by Crippen LogP contribution is -2.15. The normalized spacial score (nSPS) is 15.0. The first-order valence-electron chi connectivity index (χ1n) is 8.47. The fourth-order valence-corrected chi connectivity index (χ4v) is 3.45. The van der Waals surface area contributed by atoms with Crippen molar-refractivity contribution in [1.82, 2.24) is 15.0 Å². The highest BCUT2D eigenvalue weighted by molar-refractivity contribution is 5.93. The average molecular weight is 320 g/mol. The second-order valence-electron chi connectivity index (χ2n) is 6.48. The fraction of sp³-hybridized carbons (Fsp3) is 0.316. The van der Waals surface area contributed by atoms with Gasteiger partial charge in [-0.05, 0) is 37.0 Å². The molecule has 0 atom stereocenters. The van der Waals surface area contributed by atoms with E-state index in [-0.39, 0.29) is 5.91 Å². The van der Waals surface area contributed by atoms with E-state index in [9.17, 15) is 4.79 Å². The molecule has 4 rings (SSSR count). The molecule has 3 heterocycles. The Labute approximate surface area is 140 Å². The molecule has 3 aromatic heterocycles. The van der Waals surface area contributed by atoms with E-state index in [1.807, 2.05) is 18.2 Å². The predicted octanol–water partition coefficient (Wildman–Crippen LogP) is 4.14. The maximum atomic E-state index is 12.2. The van der Waals surface area contributed by atoms with Gasteiger partial charge in [0.15, 0.2) is 0 Å². The molecule has 1 saturated carbocycles. The number of fused-ring (bicyclic) bond motifs is 1. The van der Waals surface area contributed by atoms with Gasteiger partial charge in [0.25, 0.3) is 0 Å². The first kappa shape index (κ1) is 14.9. The lowest BCUT2D eigenvalue weighted by atomic mass is 10.0. The summed E-state index contributed by atoms with van der Waals surface area (Å²) >= 11 is 0. The Kier molecular flexibility index (Phi) is 3.99. The van der Waals surface area contributed by atoms with E-state index >= 15 is 0 Å². The Balaban J connectivity index is 1.51. The van der Waals surface area contributed by atoms with Crippen LogP contribution in [0.4, 0.5) is 5.82 Å². The van der Waals surface area contributed by atoms with Crippen molar-refractivity contribution in [2.45, 2.75) is 32.1 Å². The molecule has 3 aromatic rings. The molecule has 0 aliphatic heterocycles. The van der Waals surface area contributed by atoms with Crippen LogP contribution >= 0.6 is 0 Å². The number of hydrogen-bond acceptors (Lipinski definition) is 3. The maximum Gasteiger partial charge on any atom is 0.225 e. The van der Waals surface area contributed by atoms with Gasteiger partial charge in [0.1, 0.15) is 5.82 Å². The molecule has 122 valence electrons. The maximum absolute atomic E-state index is 12.2. The summed E-state index contributed by atoms with van der Waals surface area (Å²) < 4.78 is 0. The highest BCUT2D eigenvalue weighted by atomic mass is 16.1. The average Bonchev–Trinajstić information content (AvgIpc) is 3.24. The second kappa shape index (κ2) is 6.43. The third kappa shape index (κ3) is 3.15. The van der Waals surface area contributed by atoms with Gasteiger partial charge in [-0.15, -0.1) is 0 Å². The smallest absolute Gasteiger partial charge is 0.225 e. The topological polar surface area (TPSA) is 70.7 Å².